The topological polar surface area (TPSA) is 43.8 Å². The van der Waals surface area contributed by atoms with Gasteiger partial charge in [-0.3, -0.25) is 9.69 Å². The molecule has 26 heavy (non-hydrogen) atoms. The minimum absolute atomic E-state index is 0.341. The van der Waals surface area contributed by atoms with Gasteiger partial charge in [0.2, 0.25) is 5.91 Å². The number of nitrogens with zero attached hydrogens (tertiary/aromatic N) is 2. The fourth-order valence-electron chi connectivity index (χ4n) is 4.77. The lowest BCUT2D eigenvalue weighted by Crippen LogP contribution is -2.43. The number of amides is 1. The highest BCUT2D eigenvalue weighted by molar-refractivity contribution is 5.76. The Morgan fingerprint density at radius 3 is 2.27 bits per heavy atom. The SMILES string of the molecule is O=C(CC1CCN(Cc2ccccc2)CC1)N1CCC(C2(O)CC2)CC1. The summed E-state index contributed by atoms with van der Waals surface area (Å²) in [7, 11) is 0. The molecule has 2 aliphatic heterocycles. The Kier molecular flexibility index (Phi) is 5.32. The summed E-state index contributed by atoms with van der Waals surface area (Å²) in [4.78, 5) is 17.2. The standard InChI is InChI=1S/C22H32N2O2/c25-21(24-14-8-20(9-15-24)22(26)10-11-22)16-18-6-12-23(13-7-18)17-19-4-2-1-3-5-19/h1-5,18,20,26H,6-17H2. The van der Waals surface area contributed by atoms with Crippen LogP contribution in [0.3, 0.4) is 0 Å². The quantitative estimate of drug-likeness (QED) is 0.882. The predicted octanol–water partition coefficient (Wildman–Crippen LogP) is 3.05. The Labute approximate surface area is 157 Å². The zero-order chi connectivity index (χ0) is 18.0. The first-order valence-corrected chi connectivity index (χ1v) is 10.4. The van der Waals surface area contributed by atoms with E-state index in [1.54, 1.807) is 0 Å². The largest absolute Gasteiger partial charge is 0.390 e. The fraction of sp³-hybridized carbons (Fsp3) is 0.682. The van der Waals surface area contributed by atoms with Crippen LogP contribution in [0.4, 0.5) is 0 Å². The molecule has 0 unspecified atom stereocenters. The molecule has 0 bridgehead atoms. The van der Waals surface area contributed by atoms with Crippen LogP contribution < -0.4 is 0 Å². The molecule has 1 N–H and O–H groups in total. The van der Waals surface area contributed by atoms with Crippen LogP contribution in [0, 0.1) is 11.8 Å². The molecular formula is C22H32N2O2. The third-order valence-corrected chi connectivity index (χ3v) is 6.79. The lowest BCUT2D eigenvalue weighted by atomic mass is 9.88. The van der Waals surface area contributed by atoms with Crippen molar-refractivity contribution in [3.05, 3.63) is 35.9 Å². The van der Waals surface area contributed by atoms with Crippen LogP contribution in [0.5, 0.6) is 0 Å². The van der Waals surface area contributed by atoms with E-state index in [1.165, 1.54) is 5.56 Å². The van der Waals surface area contributed by atoms with Crippen molar-refractivity contribution in [3.63, 3.8) is 0 Å². The van der Waals surface area contributed by atoms with Gasteiger partial charge in [0.15, 0.2) is 0 Å². The summed E-state index contributed by atoms with van der Waals surface area (Å²) in [5, 5.41) is 10.3. The monoisotopic (exact) mass is 356 g/mol. The fourth-order valence-corrected chi connectivity index (χ4v) is 4.77. The van der Waals surface area contributed by atoms with Crippen molar-refractivity contribution in [2.24, 2.45) is 11.8 Å². The number of carbonyl (C=O) groups is 1. The maximum absolute atomic E-state index is 12.7. The second-order valence-corrected chi connectivity index (χ2v) is 8.67. The normalized spacial score (nSPS) is 24.6. The molecule has 2 saturated heterocycles. The van der Waals surface area contributed by atoms with Crippen LogP contribution in [0.1, 0.15) is 50.5 Å². The first-order chi connectivity index (χ1) is 12.6. The Bertz CT molecular complexity index is 598. The molecule has 4 rings (SSSR count). The zero-order valence-corrected chi connectivity index (χ0v) is 15.8. The summed E-state index contributed by atoms with van der Waals surface area (Å²) in [5.41, 5.74) is 1.00. The number of piperidine rings is 2. The van der Waals surface area contributed by atoms with Gasteiger partial charge in [-0.25, -0.2) is 0 Å². The Morgan fingerprint density at radius 1 is 1.00 bits per heavy atom. The number of hydrogen-bond donors (Lipinski definition) is 1. The number of carbonyl (C=O) groups excluding carboxylic acids is 1. The number of likely N-dealkylation sites (tertiary alicyclic amines) is 2. The number of benzene rings is 1. The van der Waals surface area contributed by atoms with Crippen molar-refractivity contribution in [3.8, 4) is 0 Å². The highest BCUT2D eigenvalue weighted by Crippen LogP contribution is 2.46. The number of aliphatic hydroxyl groups is 1. The highest BCUT2D eigenvalue weighted by atomic mass is 16.3. The zero-order valence-electron chi connectivity index (χ0n) is 15.8. The van der Waals surface area contributed by atoms with E-state index in [0.717, 1.165) is 71.2 Å². The van der Waals surface area contributed by atoms with Crippen LogP contribution in [-0.4, -0.2) is 52.6 Å². The van der Waals surface area contributed by atoms with Crippen molar-refractivity contribution in [1.29, 1.82) is 0 Å². The Balaban J connectivity index is 1.18. The van der Waals surface area contributed by atoms with Crippen molar-refractivity contribution in [1.82, 2.24) is 9.80 Å². The minimum Gasteiger partial charge on any atom is -0.390 e. The number of rotatable bonds is 5. The maximum atomic E-state index is 12.7. The smallest absolute Gasteiger partial charge is 0.222 e. The second-order valence-electron chi connectivity index (χ2n) is 8.67. The van der Waals surface area contributed by atoms with Gasteiger partial charge < -0.3 is 10.0 Å². The first-order valence-electron chi connectivity index (χ1n) is 10.4. The first kappa shape index (κ1) is 18.0. The van der Waals surface area contributed by atoms with Gasteiger partial charge in [0.25, 0.3) is 0 Å². The summed E-state index contributed by atoms with van der Waals surface area (Å²) in [6.07, 6.45) is 6.88. The summed E-state index contributed by atoms with van der Waals surface area (Å²) in [5.74, 6) is 1.31. The van der Waals surface area contributed by atoms with E-state index in [9.17, 15) is 9.90 Å². The van der Waals surface area contributed by atoms with Crippen LogP contribution in [-0.2, 0) is 11.3 Å². The lowest BCUT2D eigenvalue weighted by Gasteiger charge is -2.36. The van der Waals surface area contributed by atoms with E-state index in [0.29, 0.717) is 24.2 Å². The van der Waals surface area contributed by atoms with Crippen molar-refractivity contribution < 1.29 is 9.90 Å². The van der Waals surface area contributed by atoms with Crippen LogP contribution in [0.25, 0.3) is 0 Å². The van der Waals surface area contributed by atoms with E-state index < -0.39 is 0 Å². The van der Waals surface area contributed by atoms with Crippen molar-refractivity contribution in [2.45, 2.75) is 57.1 Å². The molecule has 0 atom stereocenters. The second kappa shape index (κ2) is 7.69. The molecule has 3 aliphatic rings. The third-order valence-electron chi connectivity index (χ3n) is 6.79. The molecule has 1 aliphatic carbocycles. The van der Waals surface area contributed by atoms with Gasteiger partial charge in [0.05, 0.1) is 5.60 Å². The molecule has 1 aromatic rings. The molecule has 142 valence electrons. The third kappa shape index (κ3) is 4.29. The summed E-state index contributed by atoms with van der Waals surface area (Å²) >= 11 is 0. The van der Waals surface area contributed by atoms with Gasteiger partial charge in [0, 0.05) is 26.1 Å². The van der Waals surface area contributed by atoms with Crippen molar-refractivity contribution in [2.75, 3.05) is 26.2 Å². The Morgan fingerprint density at radius 2 is 1.65 bits per heavy atom. The van der Waals surface area contributed by atoms with Crippen molar-refractivity contribution >= 4 is 5.91 Å². The summed E-state index contributed by atoms with van der Waals surface area (Å²) < 4.78 is 0. The van der Waals surface area contributed by atoms with Gasteiger partial charge in [-0.2, -0.15) is 0 Å². The molecule has 0 spiro atoms. The molecule has 4 nitrogen and oxygen atoms in total. The highest BCUT2D eigenvalue weighted by Gasteiger charge is 2.48. The molecule has 1 amide bonds. The van der Waals surface area contributed by atoms with Crippen LogP contribution in [0.2, 0.25) is 0 Å². The van der Waals surface area contributed by atoms with Crippen LogP contribution >= 0.6 is 0 Å². The molecular weight excluding hydrogens is 324 g/mol. The Hall–Kier alpha value is -1.39. The van der Waals surface area contributed by atoms with Gasteiger partial charge in [-0.1, -0.05) is 30.3 Å². The van der Waals surface area contributed by atoms with E-state index in [-0.39, 0.29) is 5.60 Å². The van der Waals surface area contributed by atoms with E-state index in [1.807, 2.05) is 0 Å². The minimum atomic E-state index is -0.374. The van der Waals surface area contributed by atoms with Crippen LogP contribution in [0.15, 0.2) is 30.3 Å². The molecule has 4 heteroatoms. The summed E-state index contributed by atoms with van der Waals surface area (Å²) in [6, 6.07) is 10.7. The van der Waals surface area contributed by atoms with Gasteiger partial charge in [0.1, 0.15) is 0 Å². The molecule has 1 aromatic carbocycles. The maximum Gasteiger partial charge on any atom is 0.222 e. The molecule has 3 fully saturated rings. The van der Waals surface area contributed by atoms with Gasteiger partial charge >= 0.3 is 0 Å². The van der Waals surface area contributed by atoms with E-state index in [4.69, 9.17) is 0 Å². The number of hydrogen-bond acceptors (Lipinski definition) is 3. The van der Waals surface area contributed by atoms with E-state index >= 15 is 0 Å². The molecule has 0 aromatic heterocycles. The molecule has 1 saturated carbocycles. The predicted molar refractivity (Wildman–Crippen MR) is 103 cm³/mol. The summed E-state index contributed by atoms with van der Waals surface area (Å²) in [6.45, 7) is 4.92. The molecule has 0 radical (unpaired) electrons. The van der Waals surface area contributed by atoms with Gasteiger partial charge in [-0.05, 0) is 69.0 Å². The van der Waals surface area contributed by atoms with E-state index in [2.05, 4.69) is 40.1 Å². The average Bonchev–Trinajstić information content (AvgIpc) is 3.43. The molecule has 2 heterocycles. The van der Waals surface area contributed by atoms with Gasteiger partial charge in [-0.15, -0.1) is 0 Å². The lowest BCUT2D eigenvalue weighted by molar-refractivity contribution is -0.134. The average molecular weight is 357 g/mol.